The second-order valence-corrected chi connectivity index (χ2v) is 7.33. The number of nitriles is 1. The van der Waals surface area contributed by atoms with Gasteiger partial charge in [0.1, 0.15) is 5.52 Å². The second-order valence-electron chi connectivity index (χ2n) is 7.33. The minimum Gasteiger partial charge on any atom is -0.267 e. The van der Waals surface area contributed by atoms with E-state index in [0.717, 1.165) is 28.2 Å². The van der Waals surface area contributed by atoms with Gasteiger partial charge in [0, 0.05) is 34.8 Å². The van der Waals surface area contributed by atoms with E-state index in [0.29, 0.717) is 12.3 Å². The summed E-state index contributed by atoms with van der Waals surface area (Å²) in [6.07, 6.45) is 12.6. The average Bonchev–Trinajstić information content (AvgIpc) is 3.37. The third kappa shape index (κ3) is 2.05. The zero-order chi connectivity index (χ0) is 17.0. The molecule has 1 fully saturated rings. The van der Waals surface area contributed by atoms with Gasteiger partial charge in [0.25, 0.3) is 0 Å². The van der Waals surface area contributed by atoms with E-state index in [1.807, 2.05) is 6.20 Å². The molecule has 0 amide bonds. The molecule has 1 atom stereocenters. The monoisotopic (exact) mass is 328 g/mol. The first-order chi connectivity index (χ1) is 12.3. The Bertz CT molecular complexity index is 1140. The van der Waals surface area contributed by atoms with Crippen LogP contribution in [-0.4, -0.2) is 14.8 Å². The van der Waals surface area contributed by atoms with Crippen molar-refractivity contribution >= 4 is 34.3 Å². The molecule has 3 aromatic rings. The quantitative estimate of drug-likeness (QED) is 0.743. The zero-order valence-electron chi connectivity index (χ0n) is 14.2. The lowest BCUT2D eigenvalue weighted by Gasteiger charge is -2.21. The van der Waals surface area contributed by atoms with Crippen LogP contribution >= 0.6 is 0 Å². The van der Waals surface area contributed by atoms with Crippen LogP contribution in [-0.2, 0) is 6.42 Å². The standard InChI is InChI=1S/C21H20N4/c1-13-15-6-7-18-20(15)16(9-11-23-18)17-12-25(24-21(13)17)19(8-10-22)14-4-2-3-5-14/h6,9,11-12,14,19H,1-5,7-8H2. The van der Waals surface area contributed by atoms with Gasteiger partial charge in [-0.05, 0) is 35.4 Å². The van der Waals surface area contributed by atoms with Crippen molar-refractivity contribution < 1.29 is 0 Å². The molecule has 2 aliphatic carbocycles. The lowest BCUT2D eigenvalue weighted by atomic mass is 9.96. The Morgan fingerprint density at radius 3 is 2.96 bits per heavy atom. The molecule has 4 heteroatoms. The molecule has 0 radical (unpaired) electrons. The van der Waals surface area contributed by atoms with Gasteiger partial charge in [-0.2, -0.15) is 10.4 Å². The van der Waals surface area contributed by atoms with Crippen molar-refractivity contribution in [2.75, 3.05) is 0 Å². The van der Waals surface area contributed by atoms with Gasteiger partial charge in [0.05, 0.1) is 24.2 Å². The highest BCUT2D eigenvalue weighted by molar-refractivity contribution is 6.08. The van der Waals surface area contributed by atoms with E-state index in [1.54, 1.807) is 0 Å². The fraction of sp³-hybridized carbons (Fsp3) is 0.381. The molecule has 124 valence electrons. The largest absolute Gasteiger partial charge is 0.267 e. The van der Waals surface area contributed by atoms with Gasteiger partial charge in [-0.3, -0.25) is 9.67 Å². The van der Waals surface area contributed by atoms with Crippen LogP contribution in [0.25, 0.3) is 34.3 Å². The molecule has 5 rings (SSSR count). The summed E-state index contributed by atoms with van der Waals surface area (Å²) in [5.74, 6) is 0.560. The number of aromatic nitrogens is 3. The average molecular weight is 328 g/mol. The molecular weight excluding hydrogens is 308 g/mol. The molecule has 0 bridgehead atoms. The van der Waals surface area contributed by atoms with Crippen LogP contribution in [0.15, 0.2) is 18.5 Å². The van der Waals surface area contributed by atoms with Crippen molar-refractivity contribution in [1.82, 2.24) is 14.8 Å². The Morgan fingerprint density at radius 2 is 2.16 bits per heavy atom. The van der Waals surface area contributed by atoms with Crippen LogP contribution in [0.2, 0.25) is 0 Å². The molecule has 1 aromatic carbocycles. The summed E-state index contributed by atoms with van der Waals surface area (Å²) >= 11 is 0. The molecule has 1 saturated carbocycles. The van der Waals surface area contributed by atoms with Crippen molar-refractivity contribution in [2.24, 2.45) is 5.92 Å². The number of nitrogens with zero attached hydrogens (tertiary/aromatic N) is 4. The topological polar surface area (TPSA) is 54.5 Å². The third-order valence-corrected chi connectivity index (χ3v) is 6.02. The van der Waals surface area contributed by atoms with Crippen LogP contribution in [0.5, 0.6) is 0 Å². The lowest BCUT2D eigenvalue weighted by molar-refractivity contribution is 0.316. The number of pyridine rings is 1. The summed E-state index contributed by atoms with van der Waals surface area (Å²) in [4.78, 5) is 4.53. The van der Waals surface area contributed by atoms with E-state index < -0.39 is 0 Å². The van der Waals surface area contributed by atoms with Crippen molar-refractivity contribution in [1.29, 1.82) is 5.26 Å². The summed E-state index contributed by atoms with van der Waals surface area (Å²) < 4.78 is 2.06. The van der Waals surface area contributed by atoms with E-state index in [9.17, 15) is 5.26 Å². The Hall–Kier alpha value is -2.67. The fourth-order valence-electron chi connectivity index (χ4n) is 4.78. The van der Waals surface area contributed by atoms with E-state index in [1.165, 1.54) is 41.7 Å². The van der Waals surface area contributed by atoms with Gasteiger partial charge in [-0.1, -0.05) is 25.5 Å². The van der Waals surface area contributed by atoms with E-state index in [4.69, 9.17) is 5.10 Å². The molecule has 0 saturated heterocycles. The predicted molar refractivity (Wildman–Crippen MR) is 99.2 cm³/mol. The molecular formula is C21H20N4. The predicted octanol–water partition coefficient (Wildman–Crippen LogP) is 2.98. The zero-order valence-corrected chi connectivity index (χ0v) is 14.2. The first kappa shape index (κ1) is 14.7. The maximum atomic E-state index is 9.33. The Kier molecular flexibility index (Phi) is 3.18. The van der Waals surface area contributed by atoms with Crippen LogP contribution in [0, 0.1) is 17.2 Å². The van der Waals surface area contributed by atoms with Gasteiger partial charge < -0.3 is 0 Å². The normalized spacial score (nSPS) is 17.9. The Labute approximate surface area is 146 Å². The number of benzene rings is 1. The Balaban J connectivity index is 1.78. The third-order valence-electron chi connectivity index (χ3n) is 6.02. The summed E-state index contributed by atoms with van der Waals surface area (Å²) in [5.41, 5.74) is 2.11. The molecule has 1 unspecified atom stereocenters. The molecule has 0 aliphatic heterocycles. The lowest BCUT2D eigenvalue weighted by Crippen LogP contribution is -2.24. The van der Waals surface area contributed by atoms with Crippen LogP contribution < -0.4 is 10.4 Å². The highest BCUT2D eigenvalue weighted by Crippen LogP contribution is 2.36. The van der Waals surface area contributed by atoms with Crippen molar-refractivity contribution in [3.63, 3.8) is 0 Å². The Morgan fingerprint density at radius 1 is 1.32 bits per heavy atom. The number of fused-ring (bicyclic) bond motifs is 2. The number of hydrogen-bond donors (Lipinski definition) is 0. The molecule has 25 heavy (non-hydrogen) atoms. The van der Waals surface area contributed by atoms with Crippen LogP contribution in [0.1, 0.15) is 43.8 Å². The first-order valence-electron chi connectivity index (χ1n) is 9.12. The van der Waals surface area contributed by atoms with E-state index >= 15 is 0 Å². The van der Waals surface area contributed by atoms with Gasteiger partial charge in [-0.15, -0.1) is 0 Å². The first-order valence-corrected chi connectivity index (χ1v) is 9.12. The van der Waals surface area contributed by atoms with Crippen molar-refractivity contribution in [3.05, 3.63) is 34.6 Å². The highest BCUT2D eigenvalue weighted by Gasteiger charge is 2.27. The fourth-order valence-corrected chi connectivity index (χ4v) is 4.78. The molecule has 2 heterocycles. The SMILES string of the molecule is C=c1c2c3c(nccc3c3cn(C(CC#N)C4CCCC4)nc13)CC=2. The molecule has 0 spiro atoms. The van der Waals surface area contributed by atoms with Crippen molar-refractivity contribution in [3.8, 4) is 6.07 Å². The highest BCUT2D eigenvalue weighted by atomic mass is 15.3. The van der Waals surface area contributed by atoms with Gasteiger partial charge in [0.2, 0.25) is 0 Å². The minimum atomic E-state index is 0.172. The summed E-state index contributed by atoms with van der Waals surface area (Å²) in [6.45, 7) is 4.32. The minimum absolute atomic E-state index is 0.172. The number of hydrogen-bond acceptors (Lipinski definition) is 3. The second kappa shape index (κ2) is 5.42. The molecule has 2 aromatic heterocycles. The summed E-state index contributed by atoms with van der Waals surface area (Å²) in [6, 6.07) is 4.64. The maximum absolute atomic E-state index is 9.33. The van der Waals surface area contributed by atoms with Crippen LogP contribution in [0.4, 0.5) is 0 Å². The number of rotatable bonds is 3. The maximum Gasteiger partial charge on any atom is 0.100 e. The van der Waals surface area contributed by atoms with E-state index in [-0.39, 0.29) is 6.04 Å². The van der Waals surface area contributed by atoms with E-state index in [2.05, 4.69) is 40.7 Å². The summed E-state index contributed by atoms with van der Waals surface area (Å²) in [5, 5.41) is 20.0. The molecule has 2 aliphatic rings. The molecule has 4 nitrogen and oxygen atoms in total. The van der Waals surface area contributed by atoms with Gasteiger partial charge >= 0.3 is 0 Å². The smallest absolute Gasteiger partial charge is 0.100 e. The molecule has 0 N–H and O–H groups in total. The van der Waals surface area contributed by atoms with Crippen molar-refractivity contribution in [2.45, 2.75) is 44.6 Å². The van der Waals surface area contributed by atoms with Gasteiger partial charge in [-0.25, -0.2) is 0 Å². The summed E-state index contributed by atoms with van der Waals surface area (Å²) in [7, 11) is 0. The van der Waals surface area contributed by atoms with Crippen LogP contribution in [0.3, 0.4) is 0 Å². The van der Waals surface area contributed by atoms with Gasteiger partial charge in [0.15, 0.2) is 0 Å².